The minimum atomic E-state index is 0. The number of nitrogens with two attached hydrogens (primary N) is 1. The molecule has 0 saturated carbocycles. The van der Waals surface area contributed by atoms with Gasteiger partial charge < -0.3 is 11.1 Å². The maximum atomic E-state index is 5.78. The van der Waals surface area contributed by atoms with Crippen LogP contribution < -0.4 is 11.1 Å². The maximum absolute atomic E-state index is 5.78. The number of hydrogen-bond donors (Lipinski definition) is 2. The van der Waals surface area contributed by atoms with Crippen LogP contribution in [0.5, 0.6) is 0 Å². The third kappa shape index (κ3) is 5.72. The lowest BCUT2D eigenvalue weighted by atomic mass is 9.92. The predicted molar refractivity (Wildman–Crippen MR) is 87.5 cm³/mol. The zero-order chi connectivity index (χ0) is 12.2. The average molecular weight is 367 g/mol. The van der Waals surface area contributed by atoms with Crippen molar-refractivity contribution in [1.29, 1.82) is 0 Å². The highest BCUT2D eigenvalue weighted by Gasteiger charge is 2.21. The molecule has 0 radical (unpaired) electrons. The summed E-state index contributed by atoms with van der Waals surface area (Å²) in [7, 11) is 0. The van der Waals surface area contributed by atoms with Crippen molar-refractivity contribution in [1.82, 2.24) is 5.32 Å². The van der Waals surface area contributed by atoms with E-state index in [1.165, 1.54) is 4.88 Å². The van der Waals surface area contributed by atoms with Crippen LogP contribution in [0.3, 0.4) is 0 Å². The fourth-order valence-corrected chi connectivity index (χ4v) is 2.21. The predicted octanol–water partition coefficient (Wildman–Crippen LogP) is 2.96. The van der Waals surface area contributed by atoms with Crippen LogP contribution in [0.25, 0.3) is 0 Å². The van der Waals surface area contributed by atoms with Gasteiger partial charge in [0, 0.05) is 16.3 Å². The Balaban J connectivity index is 0.00000256. The number of halogens is 1. The van der Waals surface area contributed by atoms with E-state index in [0.29, 0.717) is 18.5 Å². The SMILES string of the molecule is CC(C)NC(N)=NCC(C)(C)c1cccs1.I. The van der Waals surface area contributed by atoms with Gasteiger partial charge in [-0.25, -0.2) is 0 Å². The van der Waals surface area contributed by atoms with Crippen LogP contribution in [0, 0.1) is 0 Å². The van der Waals surface area contributed by atoms with E-state index < -0.39 is 0 Å². The molecule has 5 heteroatoms. The minimum Gasteiger partial charge on any atom is -0.370 e. The fraction of sp³-hybridized carbons (Fsp3) is 0.583. The van der Waals surface area contributed by atoms with Crippen molar-refractivity contribution in [3.63, 3.8) is 0 Å². The fourth-order valence-electron chi connectivity index (χ4n) is 1.37. The van der Waals surface area contributed by atoms with Gasteiger partial charge in [0.15, 0.2) is 5.96 Å². The van der Waals surface area contributed by atoms with Gasteiger partial charge in [-0.1, -0.05) is 19.9 Å². The van der Waals surface area contributed by atoms with Gasteiger partial charge in [0.25, 0.3) is 0 Å². The Morgan fingerprint density at radius 1 is 1.53 bits per heavy atom. The second-order valence-electron chi connectivity index (χ2n) is 4.86. The molecule has 3 nitrogen and oxygen atoms in total. The van der Waals surface area contributed by atoms with E-state index in [4.69, 9.17) is 5.73 Å². The molecule has 1 heterocycles. The summed E-state index contributed by atoms with van der Waals surface area (Å²) >= 11 is 1.76. The van der Waals surface area contributed by atoms with Crippen molar-refractivity contribution < 1.29 is 0 Å². The van der Waals surface area contributed by atoms with E-state index in [0.717, 1.165) is 0 Å². The molecule has 17 heavy (non-hydrogen) atoms. The number of thiophene rings is 1. The molecule has 3 N–H and O–H groups in total. The second kappa shape index (κ2) is 7.20. The Bertz CT molecular complexity index is 345. The van der Waals surface area contributed by atoms with Crippen LogP contribution in [-0.2, 0) is 5.41 Å². The molecule has 0 fully saturated rings. The number of guanidine groups is 1. The van der Waals surface area contributed by atoms with Gasteiger partial charge in [0.1, 0.15) is 0 Å². The van der Waals surface area contributed by atoms with Crippen molar-refractivity contribution in [3.05, 3.63) is 22.4 Å². The first-order valence-corrected chi connectivity index (χ1v) is 6.40. The average Bonchev–Trinajstić information content (AvgIpc) is 2.67. The van der Waals surface area contributed by atoms with Crippen molar-refractivity contribution in [2.24, 2.45) is 10.7 Å². The Labute approximate surface area is 125 Å². The van der Waals surface area contributed by atoms with E-state index in [1.807, 2.05) is 13.8 Å². The topological polar surface area (TPSA) is 50.4 Å². The summed E-state index contributed by atoms with van der Waals surface area (Å²) < 4.78 is 0. The highest BCUT2D eigenvalue weighted by Crippen LogP contribution is 2.27. The first-order chi connectivity index (χ1) is 7.42. The number of hydrogen-bond acceptors (Lipinski definition) is 2. The molecule has 0 aliphatic rings. The number of aliphatic imine (C=N–C) groups is 1. The van der Waals surface area contributed by atoms with Gasteiger partial charge in [0.05, 0.1) is 6.54 Å². The molecule has 0 bridgehead atoms. The molecular formula is C12H22IN3S. The maximum Gasteiger partial charge on any atom is 0.188 e. The summed E-state index contributed by atoms with van der Waals surface area (Å²) in [6.07, 6.45) is 0. The normalized spacial score (nSPS) is 12.4. The molecule has 98 valence electrons. The van der Waals surface area contributed by atoms with Crippen LogP contribution >= 0.6 is 35.3 Å². The highest BCUT2D eigenvalue weighted by molar-refractivity contribution is 14.0. The van der Waals surface area contributed by atoms with Crippen LogP contribution in [0.4, 0.5) is 0 Å². The van der Waals surface area contributed by atoms with E-state index in [1.54, 1.807) is 11.3 Å². The Morgan fingerprint density at radius 3 is 2.65 bits per heavy atom. The van der Waals surface area contributed by atoms with Gasteiger partial charge >= 0.3 is 0 Å². The van der Waals surface area contributed by atoms with E-state index in [2.05, 4.69) is 41.7 Å². The van der Waals surface area contributed by atoms with Gasteiger partial charge in [-0.05, 0) is 25.3 Å². The second-order valence-corrected chi connectivity index (χ2v) is 5.81. The lowest BCUT2D eigenvalue weighted by Gasteiger charge is -2.21. The van der Waals surface area contributed by atoms with Crippen molar-refractivity contribution in [2.75, 3.05) is 6.54 Å². The lowest BCUT2D eigenvalue weighted by molar-refractivity contribution is 0.549. The number of nitrogens with one attached hydrogen (secondary N) is 1. The van der Waals surface area contributed by atoms with E-state index in [-0.39, 0.29) is 29.4 Å². The first-order valence-electron chi connectivity index (χ1n) is 5.52. The first kappa shape index (κ1) is 16.7. The standard InChI is InChI=1S/C12H21N3S.HI/c1-9(2)15-11(13)14-8-12(3,4)10-6-5-7-16-10;/h5-7,9H,8H2,1-4H3,(H3,13,14,15);1H. The molecule has 1 rings (SSSR count). The monoisotopic (exact) mass is 367 g/mol. The zero-order valence-corrected chi connectivity index (χ0v) is 14.0. The quantitative estimate of drug-likeness (QED) is 0.488. The molecule has 0 amide bonds. The molecule has 0 aromatic carbocycles. The minimum absolute atomic E-state index is 0. The molecule has 0 aliphatic heterocycles. The van der Waals surface area contributed by atoms with Crippen LogP contribution in [-0.4, -0.2) is 18.5 Å². The van der Waals surface area contributed by atoms with Gasteiger partial charge in [0.2, 0.25) is 0 Å². The number of rotatable bonds is 4. The Morgan fingerprint density at radius 2 is 2.18 bits per heavy atom. The van der Waals surface area contributed by atoms with Crippen LogP contribution in [0.15, 0.2) is 22.5 Å². The smallest absolute Gasteiger partial charge is 0.188 e. The third-order valence-electron chi connectivity index (χ3n) is 2.27. The summed E-state index contributed by atoms with van der Waals surface area (Å²) in [4.78, 5) is 5.72. The van der Waals surface area contributed by atoms with E-state index in [9.17, 15) is 0 Å². The highest BCUT2D eigenvalue weighted by atomic mass is 127. The summed E-state index contributed by atoms with van der Waals surface area (Å²) in [5.74, 6) is 0.527. The van der Waals surface area contributed by atoms with Gasteiger partial charge in [-0.2, -0.15) is 0 Å². The molecule has 0 atom stereocenters. The Hall–Kier alpha value is -0.300. The lowest BCUT2D eigenvalue weighted by Crippen LogP contribution is -2.37. The van der Waals surface area contributed by atoms with E-state index >= 15 is 0 Å². The zero-order valence-electron chi connectivity index (χ0n) is 10.9. The third-order valence-corrected chi connectivity index (χ3v) is 3.51. The molecule has 0 unspecified atom stereocenters. The van der Waals surface area contributed by atoms with Crippen molar-refractivity contribution in [2.45, 2.75) is 39.2 Å². The summed E-state index contributed by atoms with van der Waals surface area (Å²) in [6, 6.07) is 4.54. The molecule has 0 spiro atoms. The summed E-state index contributed by atoms with van der Waals surface area (Å²) in [5, 5.41) is 5.19. The number of nitrogens with zero attached hydrogens (tertiary/aromatic N) is 1. The van der Waals surface area contributed by atoms with Crippen LogP contribution in [0.2, 0.25) is 0 Å². The molecule has 1 aromatic heterocycles. The molecule has 0 aliphatic carbocycles. The summed E-state index contributed by atoms with van der Waals surface area (Å²) in [6.45, 7) is 9.18. The van der Waals surface area contributed by atoms with Gasteiger partial charge in [-0.3, -0.25) is 4.99 Å². The van der Waals surface area contributed by atoms with Crippen molar-refractivity contribution in [3.8, 4) is 0 Å². The molecular weight excluding hydrogens is 345 g/mol. The molecule has 1 aromatic rings. The summed E-state index contributed by atoms with van der Waals surface area (Å²) in [5.41, 5.74) is 5.83. The van der Waals surface area contributed by atoms with Crippen molar-refractivity contribution >= 4 is 41.3 Å². The molecule has 0 saturated heterocycles. The Kier molecular flexibility index (Phi) is 7.08. The largest absolute Gasteiger partial charge is 0.370 e. The van der Waals surface area contributed by atoms with Crippen LogP contribution in [0.1, 0.15) is 32.6 Å². The van der Waals surface area contributed by atoms with Gasteiger partial charge in [-0.15, -0.1) is 35.3 Å².